The second-order valence-corrected chi connectivity index (χ2v) is 4.63. The van der Waals surface area contributed by atoms with Gasteiger partial charge in [-0.1, -0.05) is 19.1 Å². The molecular weight excluding hydrogens is 296 g/mol. The lowest BCUT2D eigenvalue weighted by molar-refractivity contribution is -0.121. The molecule has 20 heavy (non-hydrogen) atoms. The van der Waals surface area contributed by atoms with E-state index in [4.69, 9.17) is 22.7 Å². The molecule has 0 aliphatic rings. The molecule has 0 unspecified atom stereocenters. The Hall–Kier alpha value is -1.93. The van der Waals surface area contributed by atoms with Gasteiger partial charge in [0, 0.05) is 0 Å². The average Bonchev–Trinajstić information content (AvgIpc) is 2.43. The Morgan fingerprint density at radius 3 is 2.45 bits per heavy atom. The molecular formula is C12H16N4O2S2. The molecule has 0 aliphatic carbocycles. The number of benzene rings is 1. The number of amides is 1. The van der Waals surface area contributed by atoms with Crippen LogP contribution in [-0.2, 0) is 11.2 Å². The molecule has 0 aromatic heterocycles. The molecule has 5 N–H and O–H groups in total. The van der Waals surface area contributed by atoms with Gasteiger partial charge in [0.2, 0.25) is 0 Å². The van der Waals surface area contributed by atoms with Crippen molar-refractivity contribution in [2.45, 2.75) is 13.3 Å². The van der Waals surface area contributed by atoms with Crippen LogP contribution in [0.15, 0.2) is 24.3 Å². The minimum absolute atomic E-state index is 0.0221. The van der Waals surface area contributed by atoms with Gasteiger partial charge in [-0.05, 0) is 48.6 Å². The van der Waals surface area contributed by atoms with Crippen LogP contribution in [0.4, 0.5) is 0 Å². The number of rotatable bonds is 4. The summed E-state index contributed by atoms with van der Waals surface area (Å²) in [5.41, 5.74) is 11.2. The topological polar surface area (TPSA) is 88.4 Å². The smallest absolute Gasteiger partial charge is 0.264 e. The van der Waals surface area contributed by atoms with E-state index >= 15 is 0 Å². The first-order valence-corrected chi connectivity index (χ1v) is 6.70. The molecule has 6 nitrogen and oxygen atoms in total. The van der Waals surface area contributed by atoms with E-state index in [1.54, 1.807) is 0 Å². The fourth-order valence-corrected chi connectivity index (χ4v) is 1.50. The minimum Gasteiger partial charge on any atom is -0.484 e. The lowest BCUT2D eigenvalue weighted by Crippen LogP contribution is -2.50. The van der Waals surface area contributed by atoms with Crippen molar-refractivity contribution in [3.8, 4) is 5.75 Å². The molecule has 0 radical (unpaired) electrons. The summed E-state index contributed by atoms with van der Waals surface area (Å²) in [4.78, 5) is 11.5. The van der Waals surface area contributed by atoms with Crippen molar-refractivity contribution in [3.05, 3.63) is 29.8 Å². The van der Waals surface area contributed by atoms with Gasteiger partial charge < -0.3 is 10.5 Å². The Morgan fingerprint density at radius 2 is 1.90 bits per heavy atom. The van der Waals surface area contributed by atoms with Crippen LogP contribution in [0.1, 0.15) is 12.5 Å². The lowest BCUT2D eigenvalue weighted by atomic mass is 10.2. The first-order valence-electron chi connectivity index (χ1n) is 5.88. The van der Waals surface area contributed by atoms with E-state index in [2.05, 4.69) is 35.3 Å². The van der Waals surface area contributed by atoms with Crippen LogP contribution in [-0.4, -0.2) is 22.7 Å². The Balaban J connectivity index is 2.31. The maximum absolute atomic E-state index is 11.5. The van der Waals surface area contributed by atoms with Crippen molar-refractivity contribution in [1.82, 2.24) is 16.2 Å². The van der Waals surface area contributed by atoms with E-state index < -0.39 is 0 Å². The third kappa shape index (κ3) is 6.30. The molecule has 0 saturated heterocycles. The SMILES string of the molecule is CCc1ccc(OCC(=O)NC(=S)NNC(N)=S)cc1. The Labute approximate surface area is 128 Å². The molecule has 108 valence electrons. The van der Waals surface area contributed by atoms with E-state index in [0.717, 1.165) is 6.42 Å². The lowest BCUT2D eigenvalue weighted by Gasteiger charge is -2.11. The minimum atomic E-state index is -0.383. The second kappa shape index (κ2) is 8.28. The van der Waals surface area contributed by atoms with Crippen molar-refractivity contribution in [1.29, 1.82) is 0 Å². The van der Waals surface area contributed by atoms with Crippen molar-refractivity contribution in [3.63, 3.8) is 0 Å². The normalized spacial score (nSPS) is 9.45. The number of hydrazine groups is 1. The summed E-state index contributed by atoms with van der Waals surface area (Å²) in [6, 6.07) is 7.53. The number of thiocarbonyl (C=S) groups is 2. The highest BCUT2D eigenvalue weighted by atomic mass is 32.1. The van der Waals surface area contributed by atoms with E-state index in [0.29, 0.717) is 5.75 Å². The van der Waals surface area contributed by atoms with Gasteiger partial charge in [0.15, 0.2) is 16.8 Å². The van der Waals surface area contributed by atoms with Crippen LogP contribution < -0.4 is 26.6 Å². The number of nitrogens with one attached hydrogen (secondary N) is 3. The summed E-state index contributed by atoms with van der Waals surface area (Å²) in [5, 5.41) is 2.49. The standard InChI is InChI=1S/C12H16N4O2S2/c1-2-8-3-5-9(6-4-8)18-7-10(17)14-12(20)16-15-11(13)19/h3-6H,2,7H2,1H3,(H3,13,15,19)(H2,14,16,17,20). The van der Waals surface area contributed by atoms with Gasteiger partial charge in [-0.3, -0.25) is 21.0 Å². The van der Waals surface area contributed by atoms with Gasteiger partial charge >= 0.3 is 0 Å². The summed E-state index contributed by atoms with van der Waals surface area (Å²) in [6.45, 7) is 1.93. The fourth-order valence-electron chi connectivity index (χ4n) is 1.28. The van der Waals surface area contributed by atoms with Crippen LogP contribution in [0.3, 0.4) is 0 Å². The monoisotopic (exact) mass is 312 g/mol. The number of ether oxygens (including phenoxy) is 1. The molecule has 0 fully saturated rings. The van der Waals surface area contributed by atoms with Gasteiger partial charge in [0.25, 0.3) is 5.91 Å². The van der Waals surface area contributed by atoms with Crippen LogP contribution in [0, 0.1) is 0 Å². The third-order valence-corrected chi connectivity index (χ3v) is 2.56. The Kier molecular flexibility index (Phi) is 6.68. The molecule has 1 aromatic carbocycles. The summed E-state index contributed by atoms with van der Waals surface area (Å²) in [5.74, 6) is 0.240. The van der Waals surface area contributed by atoms with E-state index in [1.807, 2.05) is 24.3 Å². The predicted molar refractivity (Wildman–Crippen MR) is 85.1 cm³/mol. The molecule has 1 rings (SSSR count). The number of hydrogen-bond donors (Lipinski definition) is 4. The van der Waals surface area contributed by atoms with Crippen LogP contribution >= 0.6 is 24.4 Å². The Morgan fingerprint density at radius 1 is 1.25 bits per heavy atom. The maximum Gasteiger partial charge on any atom is 0.264 e. The molecule has 1 amide bonds. The van der Waals surface area contributed by atoms with Crippen molar-refractivity contribution >= 4 is 40.6 Å². The molecule has 8 heteroatoms. The van der Waals surface area contributed by atoms with E-state index in [-0.39, 0.29) is 22.7 Å². The van der Waals surface area contributed by atoms with Crippen LogP contribution in [0.25, 0.3) is 0 Å². The molecule has 0 bridgehead atoms. The molecule has 0 atom stereocenters. The van der Waals surface area contributed by atoms with Gasteiger partial charge in [-0.2, -0.15) is 0 Å². The highest BCUT2D eigenvalue weighted by molar-refractivity contribution is 7.80. The highest BCUT2D eigenvalue weighted by Gasteiger charge is 2.05. The Bertz CT molecular complexity index is 491. The third-order valence-electron chi connectivity index (χ3n) is 2.25. The van der Waals surface area contributed by atoms with Gasteiger partial charge in [0.1, 0.15) is 5.75 Å². The second-order valence-electron chi connectivity index (χ2n) is 3.78. The molecule has 0 heterocycles. The largest absolute Gasteiger partial charge is 0.484 e. The number of aryl methyl sites for hydroxylation is 1. The van der Waals surface area contributed by atoms with Crippen molar-refractivity contribution < 1.29 is 9.53 Å². The van der Waals surface area contributed by atoms with Crippen LogP contribution in [0.2, 0.25) is 0 Å². The number of carbonyl (C=O) groups is 1. The van der Waals surface area contributed by atoms with Crippen molar-refractivity contribution in [2.75, 3.05) is 6.61 Å². The first-order chi connectivity index (χ1) is 9.51. The number of carbonyl (C=O) groups excluding carboxylic acids is 1. The fraction of sp³-hybridized carbons (Fsp3) is 0.250. The quantitative estimate of drug-likeness (QED) is 0.472. The summed E-state index contributed by atoms with van der Waals surface area (Å²) < 4.78 is 5.32. The van der Waals surface area contributed by atoms with E-state index in [1.165, 1.54) is 5.56 Å². The highest BCUT2D eigenvalue weighted by Crippen LogP contribution is 2.12. The maximum atomic E-state index is 11.5. The van der Waals surface area contributed by atoms with E-state index in [9.17, 15) is 4.79 Å². The predicted octanol–water partition coefficient (Wildman–Crippen LogP) is 0.367. The average molecular weight is 312 g/mol. The molecule has 0 spiro atoms. The summed E-state index contributed by atoms with van der Waals surface area (Å²) in [7, 11) is 0. The molecule has 0 aliphatic heterocycles. The number of hydrogen-bond acceptors (Lipinski definition) is 4. The zero-order chi connectivity index (χ0) is 15.0. The van der Waals surface area contributed by atoms with Gasteiger partial charge in [-0.15, -0.1) is 0 Å². The zero-order valence-corrected chi connectivity index (χ0v) is 12.6. The first kappa shape index (κ1) is 16.1. The summed E-state index contributed by atoms with van der Waals surface area (Å²) >= 11 is 9.41. The zero-order valence-electron chi connectivity index (χ0n) is 10.9. The molecule has 0 saturated carbocycles. The number of nitrogens with two attached hydrogens (primary N) is 1. The van der Waals surface area contributed by atoms with Gasteiger partial charge in [0.05, 0.1) is 0 Å². The molecule has 1 aromatic rings. The summed E-state index contributed by atoms with van der Waals surface area (Å²) in [6.07, 6.45) is 0.955. The van der Waals surface area contributed by atoms with Crippen molar-refractivity contribution in [2.24, 2.45) is 5.73 Å². The van der Waals surface area contributed by atoms with Crippen LogP contribution in [0.5, 0.6) is 5.75 Å². The van der Waals surface area contributed by atoms with Gasteiger partial charge in [-0.25, -0.2) is 0 Å².